The molecule has 0 radical (unpaired) electrons. The fraction of sp³-hybridized carbons (Fsp3) is 0.455. The van der Waals surface area contributed by atoms with Gasteiger partial charge in [-0.05, 0) is 19.4 Å². The summed E-state index contributed by atoms with van der Waals surface area (Å²) in [7, 11) is 1.61. The third-order valence-corrected chi connectivity index (χ3v) is 2.31. The predicted molar refractivity (Wildman–Crippen MR) is 54.4 cm³/mol. The molecule has 0 aliphatic heterocycles. The Hall–Kier alpha value is -0.930. The first-order valence-electron chi connectivity index (χ1n) is 4.61. The van der Waals surface area contributed by atoms with Gasteiger partial charge in [0.15, 0.2) is 0 Å². The molecule has 78 valence electrons. The standard InChI is InChI=1S/C11H16FNO/c1-11(13,7-8-14-2)9-5-3-4-6-10(9)12/h3-6H,7-8,13H2,1-2H3. The number of methoxy groups -OCH3 is 1. The van der Waals surface area contributed by atoms with Gasteiger partial charge in [-0.15, -0.1) is 0 Å². The Labute approximate surface area is 83.9 Å². The van der Waals surface area contributed by atoms with Gasteiger partial charge in [-0.25, -0.2) is 4.39 Å². The highest BCUT2D eigenvalue weighted by molar-refractivity contribution is 5.24. The summed E-state index contributed by atoms with van der Waals surface area (Å²) < 4.78 is 18.3. The van der Waals surface area contributed by atoms with E-state index in [-0.39, 0.29) is 5.82 Å². The highest BCUT2D eigenvalue weighted by Gasteiger charge is 2.23. The first-order chi connectivity index (χ1) is 6.58. The fourth-order valence-corrected chi connectivity index (χ4v) is 1.37. The summed E-state index contributed by atoms with van der Waals surface area (Å²) in [6.45, 7) is 2.34. The average Bonchev–Trinajstić information content (AvgIpc) is 2.15. The van der Waals surface area contributed by atoms with Crippen molar-refractivity contribution in [3.63, 3.8) is 0 Å². The molecule has 2 N–H and O–H groups in total. The van der Waals surface area contributed by atoms with Crippen molar-refractivity contribution < 1.29 is 9.13 Å². The molecule has 1 aromatic rings. The van der Waals surface area contributed by atoms with Crippen LogP contribution in [0.25, 0.3) is 0 Å². The van der Waals surface area contributed by atoms with Crippen molar-refractivity contribution in [2.24, 2.45) is 5.73 Å². The Morgan fingerprint density at radius 2 is 2.07 bits per heavy atom. The zero-order chi connectivity index (χ0) is 10.6. The van der Waals surface area contributed by atoms with E-state index >= 15 is 0 Å². The first-order valence-corrected chi connectivity index (χ1v) is 4.61. The lowest BCUT2D eigenvalue weighted by molar-refractivity contribution is 0.171. The third kappa shape index (κ3) is 2.53. The van der Waals surface area contributed by atoms with Gasteiger partial charge in [-0.2, -0.15) is 0 Å². The van der Waals surface area contributed by atoms with Crippen LogP contribution in [0.3, 0.4) is 0 Å². The summed E-state index contributed by atoms with van der Waals surface area (Å²) in [5.41, 5.74) is 5.88. The lowest BCUT2D eigenvalue weighted by Crippen LogP contribution is -2.35. The molecule has 14 heavy (non-hydrogen) atoms. The number of nitrogens with two attached hydrogens (primary N) is 1. The number of ether oxygens (including phenoxy) is 1. The van der Waals surface area contributed by atoms with E-state index in [0.717, 1.165) is 0 Å². The molecule has 0 amide bonds. The molecule has 0 fully saturated rings. The van der Waals surface area contributed by atoms with Gasteiger partial charge >= 0.3 is 0 Å². The Morgan fingerprint density at radius 3 is 2.64 bits per heavy atom. The zero-order valence-corrected chi connectivity index (χ0v) is 8.59. The van der Waals surface area contributed by atoms with Gasteiger partial charge < -0.3 is 10.5 Å². The van der Waals surface area contributed by atoms with Crippen LogP contribution in [0.4, 0.5) is 4.39 Å². The van der Waals surface area contributed by atoms with E-state index in [4.69, 9.17) is 10.5 Å². The van der Waals surface area contributed by atoms with Crippen molar-refractivity contribution >= 4 is 0 Å². The molecular formula is C11H16FNO. The number of hydrogen-bond acceptors (Lipinski definition) is 2. The number of rotatable bonds is 4. The molecule has 1 rings (SSSR count). The van der Waals surface area contributed by atoms with Gasteiger partial charge in [-0.1, -0.05) is 18.2 Å². The van der Waals surface area contributed by atoms with Crippen LogP contribution in [0.5, 0.6) is 0 Å². The van der Waals surface area contributed by atoms with Gasteiger partial charge in [-0.3, -0.25) is 0 Å². The SMILES string of the molecule is COCCC(C)(N)c1ccccc1F. The topological polar surface area (TPSA) is 35.2 Å². The summed E-state index contributed by atoms with van der Waals surface area (Å²) >= 11 is 0. The molecule has 1 atom stereocenters. The van der Waals surface area contributed by atoms with Crippen molar-refractivity contribution in [2.45, 2.75) is 18.9 Å². The average molecular weight is 197 g/mol. The molecular weight excluding hydrogens is 181 g/mol. The van der Waals surface area contributed by atoms with Gasteiger partial charge in [0.25, 0.3) is 0 Å². The molecule has 0 heterocycles. The van der Waals surface area contributed by atoms with Crippen LogP contribution in [0.1, 0.15) is 18.9 Å². The van der Waals surface area contributed by atoms with Crippen LogP contribution in [-0.4, -0.2) is 13.7 Å². The molecule has 1 unspecified atom stereocenters. The van der Waals surface area contributed by atoms with Crippen LogP contribution in [0.2, 0.25) is 0 Å². The molecule has 0 aliphatic carbocycles. The number of halogens is 1. The Kier molecular flexibility index (Phi) is 3.61. The van der Waals surface area contributed by atoms with Gasteiger partial charge in [0, 0.05) is 24.8 Å². The van der Waals surface area contributed by atoms with Gasteiger partial charge in [0.1, 0.15) is 5.82 Å². The lowest BCUT2D eigenvalue weighted by atomic mass is 9.90. The van der Waals surface area contributed by atoms with Crippen molar-refractivity contribution in [2.75, 3.05) is 13.7 Å². The minimum Gasteiger partial charge on any atom is -0.385 e. The maximum absolute atomic E-state index is 13.4. The molecule has 3 heteroatoms. The van der Waals surface area contributed by atoms with Crippen molar-refractivity contribution in [3.05, 3.63) is 35.6 Å². The van der Waals surface area contributed by atoms with Gasteiger partial charge in [0.2, 0.25) is 0 Å². The predicted octanol–water partition coefficient (Wildman–Crippen LogP) is 2.04. The Morgan fingerprint density at radius 1 is 1.43 bits per heavy atom. The monoisotopic (exact) mass is 197 g/mol. The molecule has 0 saturated heterocycles. The quantitative estimate of drug-likeness (QED) is 0.801. The molecule has 0 bridgehead atoms. The second-order valence-electron chi connectivity index (χ2n) is 3.64. The van der Waals surface area contributed by atoms with E-state index in [1.165, 1.54) is 6.07 Å². The smallest absolute Gasteiger partial charge is 0.128 e. The van der Waals surface area contributed by atoms with Crippen LogP contribution in [-0.2, 0) is 10.3 Å². The van der Waals surface area contributed by atoms with E-state index in [9.17, 15) is 4.39 Å². The fourth-order valence-electron chi connectivity index (χ4n) is 1.37. The van der Waals surface area contributed by atoms with Crippen LogP contribution in [0, 0.1) is 5.82 Å². The normalized spacial score (nSPS) is 15.1. The minimum absolute atomic E-state index is 0.256. The van der Waals surface area contributed by atoms with Crippen molar-refractivity contribution in [3.8, 4) is 0 Å². The number of hydrogen-bond donors (Lipinski definition) is 1. The maximum atomic E-state index is 13.4. The van der Waals surface area contributed by atoms with Crippen molar-refractivity contribution in [1.82, 2.24) is 0 Å². The zero-order valence-electron chi connectivity index (χ0n) is 8.59. The Bertz CT molecular complexity index is 299. The van der Waals surface area contributed by atoms with E-state index in [0.29, 0.717) is 18.6 Å². The highest BCUT2D eigenvalue weighted by Crippen LogP contribution is 2.23. The molecule has 2 nitrogen and oxygen atoms in total. The lowest BCUT2D eigenvalue weighted by Gasteiger charge is -2.25. The summed E-state index contributed by atoms with van der Waals surface area (Å²) in [4.78, 5) is 0. The molecule has 0 aromatic heterocycles. The van der Waals surface area contributed by atoms with E-state index in [2.05, 4.69) is 0 Å². The summed E-state index contributed by atoms with van der Waals surface area (Å²) in [5, 5.41) is 0. The highest BCUT2D eigenvalue weighted by atomic mass is 19.1. The first kappa shape index (κ1) is 11.1. The van der Waals surface area contributed by atoms with Crippen molar-refractivity contribution in [1.29, 1.82) is 0 Å². The summed E-state index contributed by atoms with van der Waals surface area (Å²) in [5.74, 6) is -0.256. The third-order valence-electron chi connectivity index (χ3n) is 2.31. The second kappa shape index (κ2) is 4.53. The minimum atomic E-state index is -0.665. The van der Waals surface area contributed by atoms with Crippen LogP contribution in [0.15, 0.2) is 24.3 Å². The summed E-state index contributed by atoms with van der Waals surface area (Å²) in [6, 6.07) is 6.58. The number of benzene rings is 1. The van der Waals surface area contributed by atoms with Crippen LogP contribution >= 0.6 is 0 Å². The van der Waals surface area contributed by atoms with E-state index in [1.807, 2.05) is 6.92 Å². The molecule has 0 spiro atoms. The van der Waals surface area contributed by atoms with E-state index < -0.39 is 5.54 Å². The van der Waals surface area contributed by atoms with E-state index in [1.54, 1.807) is 25.3 Å². The molecule has 0 saturated carbocycles. The summed E-state index contributed by atoms with van der Waals surface area (Å²) in [6.07, 6.45) is 0.602. The Balaban J connectivity index is 2.86. The molecule has 0 aliphatic rings. The second-order valence-corrected chi connectivity index (χ2v) is 3.64. The van der Waals surface area contributed by atoms with Crippen LogP contribution < -0.4 is 5.73 Å². The largest absolute Gasteiger partial charge is 0.385 e. The van der Waals surface area contributed by atoms with Gasteiger partial charge in [0.05, 0.1) is 0 Å². The maximum Gasteiger partial charge on any atom is 0.128 e. The molecule has 1 aromatic carbocycles.